The number of carbonyl (C=O) groups excluding carboxylic acids is 3. The number of hydrogen-bond donors (Lipinski definition) is 0. The summed E-state index contributed by atoms with van der Waals surface area (Å²) in [6, 6.07) is 5.63. The summed E-state index contributed by atoms with van der Waals surface area (Å²) in [5, 5.41) is 21.0. The van der Waals surface area contributed by atoms with Crippen LogP contribution in [0.5, 0.6) is 0 Å². The number of amidine groups is 1. The standard InChI is InChI=1S/C15H14N2O5S/c1-2-7-17-13(20)11(8-12(18)19)23-15(17)16-10-5-3-9(4-6-10)14(21)22/h2-6,11H,1,7-8H2,(H,18,19)(H,21,22)/p-2/t11-/m0/s1. The maximum absolute atomic E-state index is 12.2. The molecule has 1 aromatic rings. The highest BCUT2D eigenvalue weighted by molar-refractivity contribution is 8.15. The molecule has 8 heteroatoms. The Bertz CT molecular complexity index is 684. The molecule has 7 nitrogen and oxygen atoms in total. The van der Waals surface area contributed by atoms with Gasteiger partial charge in [0, 0.05) is 18.9 Å². The number of carbonyl (C=O) groups is 3. The number of aliphatic imine (C=N–C) groups is 1. The predicted octanol–water partition coefficient (Wildman–Crippen LogP) is -0.692. The van der Waals surface area contributed by atoms with Crippen LogP contribution in [-0.2, 0) is 9.59 Å². The first-order chi connectivity index (χ1) is 10.9. The zero-order chi connectivity index (χ0) is 17.0. The molecule has 1 aliphatic heterocycles. The van der Waals surface area contributed by atoms with Gasteiger partial charge in [0.15, 0.2) is 5.17 Å². The van der Waals surface area contributed by atoms with Crippen molar-refractivity contribution in [1.29, 1.82) is 0 Å². The smallest absolute Gasteiger partial charge is 0.242 e. The van der Waals surface area contributed by atoms with Crippen molar-refractivity contribution in [2.45, 2.75) is 11.7 Å². The zero-order valence-electron chi connectivity index (χ0n) is 11.9. The first-order valence-corrected chi connectivity index (χ1v) is 7.49. The molecule has 1 aliphatic rings. The lowest BCUT2D eigenvalue weighted by molar-refractivity contribution is -0.305. The van der Waals surface area contributed by atoms with Gasteiger partial charge in [0.2, 0.25) is 5.91 Å². The summed E-state index contributed by atoms with van der Waals surface area (Å²) in [5.41, 5.74) is 0.454. The number of nitrogens with zero attached hydrogens (tertiary/aromatic N) is 2. The fourth-order valence-corrected chi connectivity index (χ4v) is 3.11. The van der Waals surface area contributed by atoms with Crippen molar-refractivity contribution in [3.05, 3.63) is 42.5 Å². The van der Waals surface area contributed by atoms with Gasteiger partial charge in [-0.05, 0) is 17.7 Å². The lowest BCUT2D eigenvalue weighted by atomic mass is 10.2. The van der Waals surface area contributed by atoms with Crippen molar-refractivity contribution < 1.29 is 24.6 Å². The SMILES string of the molecule is C=CCN1C(=O)[C@H](CC(=O)[O-])SC1=Nc1ccc(C(=O)[O-])cc1. The third-order valence-corrected chi connectivity index (χ3v) is 4.19. The van der Waals surface area contributed by atoms with E-state index in [2.05, 4.69) is 11.6 Å². The second-order valence-corrected chi connectivity index (χ2v) is 5.82. The zero-order valence-corrected chi connectivity index (χ0v) is 12.7. The average molecular weight is 332 g/mol. The van der Waals surface area contributed by atoms with Crippen LogP contribution in [0.2, 0.25) is 0 Å². The molecule has 0 saturated carbocycles. The van der Waals surface area contributed by atoms with Gasteiger partial charge >= 0.3 is 0 Å². The van der Waals surface area contributed by atoms with Crippen LogP contribution < -0.4 is 10.2 Å². The Balaban J connectivity index is 2.27. The third kappa shape index (κ3) is 3.98. The number of benzene rings is 1. The Hall–Kier alpha value is -2.61. The summed E-state index contributed by atoms with van der Waals surface area (Å²) in [5.74, 6) is -2.98. The Morgan fingerprint density at radius 1 is 1.30 bits per heavy atom. The second-order valence-electron chi connectivity index (χ2n) is 4.65. The second kappa shape index (κ2) is 7.10. The number of hydrogen-bond acceptors (Lipinski definition) is 7. The van der Waals surface area contributed by atoms with Crippen LogP contribution in [-0.4, -0.2) is 39.7 Å². The van der Waals surface area contributed by atoms with Gasteiger partial charge in [-0.3, -0.25) is 9.69 Å². The molecule has 1 aromatic carbocycles. The first-order valence-electron chi connectivity index (χ1n) is 6.61. The molecule has 0 radical (unpaired) electrons. The average Bonchev–Trinajstić information content (AvgIpc) is 2.76. The maximum Gasteiger partial charge on any atom is 0.242 e. The molecule has 1 fully saturated rings. The Morgan fingerprint density at radius 3 is 2.48 bits per heavy atom. The lowest BCUT2D eigenvalue weighted by Gasteiger charge is -2.14. The van der Waals surface area contributed by atoms with Crippen LogP contribution in [0, 0.1) is 0 Å². The van der Waals surface area contributed by atoms with E-state index in [-0.39, 0.29) is 18.0 Å². The van der Waals surface area contributed by atoms with Gasteiger partial charge in [-0.25, -0.2) is 4.99 Å². The van der Waals surface area contributed by atoms with Crippen LogP contribution in [0.1, 0.15) is 16.8 Å². The highest BCUT2D eigenvalue weighted by atomic mass is 32.2. The number of aromatic carboxylic acids is 1. The molecule has 1 atom stereocenters. The Labute approximate surface area is 136 Å². The highest BCUT2D eigenvalue weighted by Crippen LogP contribution is 2.31. The van der Waals surface area contributed by atoms with Crippen LogP contribution in [0.25, 0.3) is 0 Å². The molecule has 0 N–H and O–H groups in total. The molecular weight excluding hydrogens is 320 g/mol. The van der Waals surface area contributed by atoms with Gasteiger partial charge in [0.1, 0.15) is 0 Å². The largest absolute Gasteiger partial charge is 0.550 e. The van der Waals surface area contributed by atoms with E-state index >= 15 is 0 Å². The van der Waals surface area contributed by atoms with Gasteiger partial charge in [-0.1, -0.05) is 30.0 Å². The Kier molecular flexibility index (Phi) is 5.17. The fourth-order valence-electron chi connectivity index (χ4n) is 1.96. The topological polar surface area (TPSA) is 113 Å². The number of thioether (sulfide) groups is 1. The highest BCUT2D eigenvalue weighted by Gasteiger charge is 2.37. The number of rotatable bonds is 6. The summed E-state index contributed by atoms with van der Waals surface area (Å²) in [4.78, 5) is 39.2. The van der Waals surface area contributed by atoms with Gasteiger partial charge < -0.3 is 19.8 Å². The van der Waals surface area contributed by atoms with Crippen LogP contribution in [0.15, 0.2) is 41.9 Å². The lowest BCUT2D eigenvalue weighted by Crippen LogP contribution is -2.35. The molecule has 1 saturated heterocycles. The molecule has 1 amide bonds. The molecule has 0 bridgehead atoms. The molecule has 0 aliphatic carbocycles. The molecule has 0 unspecified atom stereocenters. The monoisotopic (exact) mass is 332 g/mol. The number of carboxylic acids is 2. The molecule has 120 valence electrons. The number of amides is 1. The van der Waals surface area contributed by atoms with Crippen LogP contribution >= 0.6 is 11.8 Å². The summed E-state index contributed by atoms with van der Waals surface area (Å²) >= 11 is 1.03. The van der Waals surface area contributed by atoms with E-state index in [1.54, 1.807) is 0 Å². The summed E-state index contributed by atoms with van der Waals surface area (Å²) < 4.78 is 0. The van der Waals surface area contributed by atoms with Crippen LogP contribution in [0.4, 0.5) is 5.69 Å². The third-order valence-electron chi connectivity index (χ3n) is 3.01. The normalized spacial score (nSPS) is 19.1. The van der Waals surface area contributed by atoms with E-state index < -0.39 is 23.6 Å². The summed E-state index contributed by atoms with van der Waals surface area (Å²) in [6.45, 7) is 3.76. The van der Waals surface area contributed by atoms with Gasteiger partial charge in [-0.2, -0.15) is 0 Å². The molecule has 0 spiro atoms. The van der Waals surface area contributed by atoms with Crippen LogP contribution in [0.3, 0.4) is 0 Å². The van der Waals surface area contributed by atoms with E-state index in [9.17, 15) is 24.6 Å². The fraction of sp³-hybridized carbons (Fsp3) is 0.200. The Morgan fingerprint density at radius 2 is 1.96 bits per heavy atom. The minimum Gasteiger partial charge on any atom is -0.550 e. The quantitative estimate of drug-likeness (QED) is 0.637. The minimum absolute atomic E-state index is 0.0156. The summed E-state index contributed by atoms with van der Waals surface area (Å²) in [6.07, 6.45) is 1.11. The van der Waals surface area contributed by atoms with Gasteiger partial charge in [0.25, 0.3) is 0 Å². The van der Waals surface area contributed by atoms with E-state index in [1.807, 2.05) is 0 Å². The number of aliphatic carboxylic acids is 1. The number of carboxylic acid groups (broad SMARTS) is 2. The van der Waals surface area contributed by atoms with Crippen molar-refractivity contribution in [3.8, 4) is 0 Å². The molecule has 0 aromatic heterocycles. The van der Waals surface area contributed by atoms with E-state index in [0.717, 1.165) is 11.8 Å². The van der Waals surface area contributed by atoms with Crippen molar-refractivity contribution in [2.75, 3.05) is 6.54 Å². The van der Waals surface area contributed by atoms with E-state index in [4.69, 9.17) is 0 Å². The predicted molar refractivity (Wildman–Crippen MR) is 80.8 cm³/mol. The van der Waals surface area contributed by atoms with Crippen molar-refractivity contribution in [2.24, 2.45) is 4.99 Å². The van der Waals surface area contributed by atoms with Crippen molar-refractivity contribution >= 4 is 40.5 Å². The van der Waals surface area contributed by atoms with Gasteiger partial charge in [-0.15, -0.1) is 6.58 Å². The van der Waals surface area contributed by atoms with Crippen molar-refractivity contribution in [3.63, 3.8) is 0 Å². The van der Waals surface area contributed by atoms with Gasteiger partial charge in [0.05, 0.1) is 16.9 Å². The molecule has 23 heavy (non-hydrogen) atoms. The van der Waals surface area contributed by atoms with E-state index in [0.29, 0.717) is 10.9 Å². The minimum atomic E-state index is -1.31. The summed E-state index contributed by atoms with van der Waals surface area (Å²) in [7, 11) is 0. The van der Waals surface area contributed by atoms with E-state index in [1.165, 1.54) is 35.2 Å². The molecule has 1 heterocycles. The molecule has 2 rings (SSSR count). The van der Waals surface area contributed by atoms with Crippen molar-refractivity contribution in [1.82, 2.24) is 4.90 Å². The maximum atomic E-state index is 12.2. The first kappa shape index (κ1) is 16.8. The molecular formula is C15H12N2O5S-2.